The predicted molar refractivity (Wildman–Crippen MR) is 86.4 cm³/mol. The third-order valence-corrected chi connectivity index (χ3v) is 5.02. The van der Waals surface area contributed by atoms with Crippen molar-refractivity contribution in [2.45, 2.75) is 45.1 Å². The molecule has 21 heavy (non-hydrogen) atoms. The predicted octanol–water partition coefficient (Wildman–Crippen LogP) is 3.13. The maximum Gasteiger partial charge on any atom is 0.254 e. The molecule has 0 aliphatic heterocycles. The number of hydrogen-bond donors (Lipinski definition) is 1. The van der Waals surface area contributed by atoms with Crippen LogP contribution in [0.1, 0.15) is 54.3 Å². The summed E-state index contributed by atoms with van der Waals surface area (Å²) in [6, 6.07) is 2.22. The van der Waals surface area contributed by atoms with E-state index in [9.17, 15) is 4.79 Å². The molecule has 2 rings (SSSR count). The average Bonchev–Trinajstić information content (AvgIpc) is 2.95. The highest BCUT2D eigenvalue weighted by Gasteiger charge is 2.28. The Kier molecular flexibility index (Phi) is 5.84. The van der Waals surface area contributed by atoms with Crippen molar-refractivity contribution in [1.82, 2.24) is 4.90 Å². The van der Waals surface area contributed by atoms with Gasteiger partial charge in [-0.05, 0) is 24.8 Å². The van der Waals surface area contributed by atoms with E-state index < -0.39 is 0 Å². The monoisotopic (exact) mass is 305 g/mol. The van der Waals surface area contributed by atoms with E-state index in [1.165, 1.54) is 30.6 Å². The van der Waals surface area contributed by atoms with Crippen LogP contribution in [-0.4, -0.2) is 35.6 Å². The number of hydrogen-bond acceptors (Lipinski definition) is 3. The van der Waals surface area contributed by atoms with Crippen molar-refractivity contribution in [2.75, 3.05) is 13.7 Å². The summed E-state index contributed by atoms with van der Waals surface area (Å²) in [4.78, 5) is 15.4. The van der Waals surface area contributed by atoms with Crippen molar-refractivity contribution in [3.63, 3.8) is 0 Å². The van der Waals surface area contributed by atoms with Crippen LogP contribution in [0.25, 0.3) is 0 Å². The molecule has 1 saturated carbocycles. The van der Waals surface area contributed by atoms with E-state index >= 15 is 0 Å². The van der Waals surface area contributed by atoms with Gasteiger partial charge in [0.15, 0.2) is 0 Å². The molecule has 1 fully saturated rings. The van der Waals surface area contributed by atoms with Crippen LogP contribution in [0.4, 0.5) is 0 Å². The minimum atomic E-state index is 0.0759. The van der Waals surface area contributed by atoms with Crippen LogP contribution < -0.4 is 0 Å². The summed E-state index contributed by atoms with van der Waals surface area (Å²) in [6.07, 6.45) is 5.29. The number of amides is 1. The van der Waals surface area contributed by atoms with Crippen molar-refractivity contribution in [2.24, 2.45) is 5.92 Å². The molecule has 0 spiro atoms. The molecular weight excluding hydrogens is 282 g/mol. The number of nitrogens with zero attached hydrogens (tertiary/aromatic N) is 1. The second kappa shape index (κ2) is 7.63. The standard InChI is InChI=1S/C17H23NO2S/c1-13-7-3-4-9-16(13)18(2)17(20)14-11-15(21-12-14)8-5-6-10-19/h11-13,16,19H,3-4,6-7,9-10H2,1-2H3. The highest BCUT2D eigenvalue weighted by Crippen LogP contribution is 2.28. The largest absolute Gasteiger partial charge is 0.395 e. The van der Waals surface area contributed by atoms with E-state index in [0.717, 1.165) is 16.9 Å². The van der Waals surface area contributed by atoms with Crippen molar-refractivity contribution >= 4 is 17.2 Å². The molecule has 1 aromatic rings. The molecule has 1 heterocycles. The first kappa shape index (κ1) is 16.1. The Balaban J connectivity index is 2.04. The van der Waals surface area contributed by atoms with E-state index in [1.54, 1.807) is 0 Å². The lowest BCUT2D eigenvalue weighted by Crippen LogP contribution is -2.42. The minimum Gasteiger partial charge on any atom is -0.395 e. The fourth-order valence-electron chi connectivity index (χ4n) is 2.95. The highest BCUT2D eigenvalue weighted by atomic mass is 32.1. The maximum atomic E-state index is 12.6. The van der Waals surface area contributed by atoms with Crippen LogP contribution in [0.5, 0.6) is 0 Å². The van der Waals surface area contributed by atoms with Gasteiger partial charge in [-0.1, -0.05) is 31.6 Å². The van der Waals surface area contributed by atoms with E-state index in [4.69, 9.17) is 5.11 Å². The second-order valence-electron chi connectivity index (χ2n) is 5.72. The summed E-state index contributed by atoms with van der Waals surface area (Å²) >= 11 is 1.49. The molecule has 0 bridgehead atoms. The first-order valence-electron chi connectivity index (χ1n) is 7.59. The number of thiophene rings is 1. The lowest BCUT2D eigenvalue weighted by Gasteiger charge is -2.36. The van der Waals surface area contributed by atoms with Crippen LogP contribution in [-0.2, 0) is 0 Å². The summed E-state index contributed by atoms with van der Waals surface area (Å²) in [6.45, 7) is 2.32. The van der Waals surface area contributed by atoms with E-state index in [1.807, 2.05) is 23.4 Å². The molecule has 114 valence electrons. The molecule has 1 N–H and O–H groups in total. The lowest BCUT2D eigenvalue weighted by atomic mass is 9.85. The lowest BCUT2D eigenvalue weighted by molar-refractivity contribution is 0.0629. The number of aliphatic hydroxyl groups excluding tert-OH is 1. The SMILES string of the molecule is CC1CCCCC1N(C)C(=O)c1csc(C#CCCO)c1. The Hall–Kier alpha value is -1.31. The van der Waals surface area contributed by atoms with Gasteiger partial charge in [0.1, 0.15) is 0 Å². The van der Waals surface area contributed by atoms with E-state index in [2.05, 4.69) is 18.8 Å². The fraction of sp³-hybridized carbons (Fsp3) is 0.588. The average molecular weight is 305 g/mol. The second-order valence-corrected chi connectivity index (χ2v) is 6.63. The molecule has 4 heteroatoms. The van der Waals surface area contributed by atoms with Crippen LogP contribution in [0.3, 0.4) is 0 Å². The van der Waals surface area contributed by atoms with E-state index in [-0.39, 0.29) is 12.5 Å². The van der Waals surface area contributed by atoms with Gasteiger partial charge in [-0.2, -0.15) is 0 Å². The van der Waals surface area contributed by atoms with Crippen LogP contribution >= 0.6 is 11.3 Å². The Morgan fingerprint density at radius 3 is 2.95 bits per heavy atom. The van der Waals surface area contributed by atoms with Gasteiger partial charge in [0, 0.05) is 24.9 Å². The molecular formula is C17H23NO2S. The zero-order chi connectivity index (χ0) is 15.2. The zero-order valence-electron chi connectivity index (χ0n) is 12.8. The molecule has 0 radical (unpaired) electrons. The maximum absolute atomic E-state index is 12.6. The zero-order valence-corrected chi connectivity index (χ0v) is 13.6. The Morgan fingerprint density at radius 2 is 2.24 bits per heavy atom. The molecule has 1 aliphatic rings. The molecule has 0 saturated heterocycles. The molecule has 1 aromatic heterocycles. The van der Waals surface area contributed by atoms with Gasteiger partial charge in [-0.3, -0.25) is 4.79 Å². The highest BCUT2D eigenvalue weighted by molar-refractivity contribution is 7.10. The van der Waals surface area contributed by atoms with Gasteiger partial charge in [-0.15, -0.1) is 11.3 Å². The third kappa shape index (κ3) is 4.09. The van der Waals surface area contributed by atoms with Gasteiger partial charge in [0.25, 0.3) is 5.91 Å². The summed E-state index contributed by atoms with van der Waals surface area (Å²) in [5.41, 5.74) is 0.730. The van der Waals surface area contributed by atoms with Gasteiger partial charge in [-0.25, -0.2) is 0 Å². The number of rotatable bonds is 3. The van der Waals surface area contributed by atoms with E-state index in [0.29, 0.717) is 18.4 Å². The molecule has 1 amide bonds. The smallest absolute Gasteiger partial charge is 0.254 e. The topological polar surface area (TPSA) is 40.5 Å². The fourth-order valence-corrected chi connectivity index (χ4v) is 3.69. The van der Waals surface area contributed by atoms with Crippen molar-refractivity contribution in [3.8, 4) is 11.8 Å². The first-order valence-corrected chi connectivity index (χ1v) is 8.47. The third-order valence-electron chi connectivity index (χ3n) is 4.18. The first-order chi connectivity index (χ1) is 10.1. The minimum absolute atomic E-state index is 0.0759. The molecule has 2 atom stereocenters. The Bertz CT molecular complexity index is 540. The van der Waals surface area contributed by atoms with Crippen LogP contribution in [0, 0.1) is 17.8 Å². The number of aliphatic hydroxyl groups is 1. The van der Waals surface area contributed by atoms with Gasteiger partial charge in [0.2, 0.25) is 0 Å². The van der Waals surface area contributed by atoms with Crippen LogP contribution in [0.15, 0.2) is 11.4 Å². The van der Waals surface area contributed by atoms with Gasteiger partial charge >= 0.3 is 0 Å². The molecule has 3 nitrogen and oxygen atoms in total. The summed E-state index contributed by atoms with van der Waals surface area (Å²) < 4.78 is 0. The summed E-state index contributed by atoms with van der Waals surface area (Å²) in [5, 5.41) is 10.6. The quantitative estimate of drug-likeness (QED) is 0.872. The van der Waals surface area contributed by atoms with Gasteiger partial charge in [0.05, 0.1) is 17.0 Å². The van der Waals surface area contributed by atoms with Gasteiger partial charge < -0.3 is 10.0 Å². The van der Waals surface area contributed by atoms with Crippen molar-refractivity contribution in [1.29, 1.82) is 0 Å². The molecule has 0 aromatic carbocycles. The van der Waals surface area contributed by atoms with Crippen molar-refractivity contribution < 1.29 is 9.90 Å². The van der Waals surface area contributed by atoms with Crippen molar-refractivity contribution in [3.05, 3.63) is 21.9 Å². The Morgan fingerprint density at radius 1 is 1.48 bits per heavy atom. The normalized spacial score (nSPS) is 21.5. The summed E-state index contributed by atoms with van der Waals surface area (Å²) in [7, 11) is 1.92. The molecule has 1 aliphatic carbocycles. The molecule has 2 unspecified atom stereocenters. The summed E-state index contributed by atoms with van der Waals surface area (Å²) in [5.74, 6) is 6.55. The Labute approximate surface area is 131 Å². The number of carbonyl (C=O) groups excluding carboxylic acids is 1. The van der Waals surface area contributed by atoms with Crippen LogP contribution in [0.2, 0.25) is 0 Å². The number of carbonyl (C=O) groups is 1.